The highest BCUT2D eigenvalue weighted by Crippen LogP contribution is 2.35. The summed E-state index contributed by atoms with van der Waals surface area (Å²) in [5.74, 6) is 0.917. The lowest BCUT2D eigenvalue weighted by Gasteiger charge is -2.05. The van der Waals surface area contributed by atoms with Crippen LogP contribution in [-0.4, -0.2) is 16.0 Å². The Morgan fingerprint density at radius 3 is 2.62 bits per heavy atom. The van der Waals surface area contributed by atoms with Crippen LogP contribution < -0.4 is 4.74 Å². The maximum absolute atomic E-state index is 5.62. The van der Waals surface area contributed by atoms with Crippen LogP contribution in [0.25, 0.3) is 26.4 Å². The maximum atomic E-state index is 5.62. The Kier molecular flexibility index (Phi) is 4.06. The Morgan fingerprint density at radius 2 is 1.92 bits per heavy atom. The van der Waals surface area contributed by atoms with Gasteiger partial charge >= 0.3 is 0 Å². The average molecular weight is 401 g/mol. The summed E-state index contributed by atoms with van der Waals surface area (Å²) in [5, 5.41) is 0. The molecule has 2 heterocycles. The molecule has 122 valence electrons. The number of rotatable bonds is 4. The second kappa shape index (κ2) is 6.22. The van der Waals surface area contributed by atoms with Crippen molar-refractivity contribution in [1.82, 2.24) is 9.38 Å². The summed E-state index contributed by atoms with van der Waals surface area (Å²) in [7, 11) is 0. The van der Waals surface area contributed by atoms with Crippen molar-refractivity contribution in [3.05, 3.63) is 52.6 Å². The Morgan fingerprint density at radius 1 is 1.12 bits per heavy atom. The largest absolute Gasteiger partial charge is 0.494 e. The van der Waals surface area contributed by atoms with Crippen LogP contribution in [0, 0.1) is 0 Å². The predicted octanol–water partition coefficient (Wildman–Crippen LogP) is 5.94. The number of aryl methyl sites for hydroxylation is 1. The van der Waals surface area contributed by atoms with Gasteiger partial charge in [-0.25, -0.2) is 4.98 Å². The van der Waals surface area contributed by atoms with Gasteiger partial charge in [0.05, 0.1) is 28.2 Å². The third-order valence-corrected chi connectivity index (χ3v) is 5.61. The van der Waals surface area contributed by atoms with Crippen molar-refractivity contribution in [3.63, 3.8) is 0 Å². The summed E-state index contributed by atoms with van der Waals surface area (Å²) < 4.78 is 10.2. The lowest BCUT2D eigenvalue weighted by molar-refractivity contribution is 0.341. The summed E-state index contributed by atoms with van der Waals surface area (Å²) in [6, 6.07) is 14.6. The van der Waals surface area contributed by atoms with Crippen LogP contribution in [0.1, 0.15) is 19.5 Å². The van der Waals surface area contributed by atoms with E-state index in [1.165, 1.54) is 15.9 Å². The minimum atomic E-state index is 0.682. The van der Waals surface area contributed by atoms with Gasteiger partial charge in [-0.1, -0.05) is 46.3 Å². The summed E-state index contributed by atoms with van der Waals surface area (Å²) >= 11 is 5.21. The third-order valence-electron chi connectivity index (χ3n) is 4.08. The maximum Gasteiger partial charge on any atom is 0.195 e. The highest BCUT2D eigenvalue weighted by Gasteiger charge is 2.17. The Hall–Kier alpha value is -1.85. The first kappa shape index (κ1) is 15.7. The number of benzene rings is 2. The standard InChI is InChI=1S/C19H17BrN2OS/c1-3-15-18(12-5-7-13(20)8-6-12)21-19-22(15)16-10-9-14(23-4-2)11-17(16)24-19/h5-11H,3-4H2,1-2H3. The molecule has 4 rings (SSSR count). The van der Waals surface area contributed by atoms with Gasteiger partial charge in [0, 0.05) is 10.0 Å². The van der Waals surface area contributed by atoms with E-state index in [1.54, 1.807) is 11.3 Å². The zero-order valence-electron chi connectivity index (χ0n) is 13.5. The lowest BCUT2D eigenvalue weighted by atomic mass is 10.1. The minimum absolute atomic E-state index is 0.682. The van der Waals surface area contributed by atoms with Gasteiger partial charge < -0.3 is 4.74 Å². The average Bonchev–Trinajstić information content (AvgIpc) is 3.11. The van der Waals surface area contributed by atoms with Crippen molar-refractivity contribution in [1.29, 1.82) is 0 Å². The lowest BCUT2D eigenvalue weighted by Crippen LogP contribution is -1.93. The van der Waals surface area contributed by atoms with Crippen LogP contribution in [0.4, 0.5) is 0 Å². The summed E-state index contributed by atoms with van der Waals surface area (Å²) in [6.45, 7) is 4.87. The summed E-state index contributed by atoms with van der Waals surface area (Å²) in [5.41, 5.74) is 4.69. The second-order valence-electron chi connectivity index (χ2n) is 5.55. The van der Waals surface area contributed by atoms with E-state index >= 15 is 0 Å². The van der Waals surface area contributed by atoms with Crippen molar-refractivity contribution < 1.29 is 4.74 Å². The monoisotopic (exact) mass is 400 g/mol. The topological polar surface area (TPSA) is 26.5 Å². The molecule has 3 nitrogen and oxygen atoms in total. The molecule has 5 heteroatoms. The van der Waals surface area contributed by atoms with Gasteiger partial charge in [-0.3, -0.25) is 4.40 Å². The minimum Gasteiger partial charge on any atom is -0.494 e. The molecule has 4 aromatic rings. The van der Waals surface area contributed by atoms with Crippen LogP contribution in [0.5, 0.6) is 5.75 Å². The van der Waals surface area contributed by atoms with Crippen LogP contribution in [-0.2, 0) is 6.42 Å². The summed E-state index contributed by atoms with van der Waals surface area (Å²) in [4.78, 5) is 5.96. The molecule has 0 N–H and O–H groups in total. The molecule has 0 radical (unpaired) electrons. The molecule has 0 amide bonds. The number of aromatic nitrogens is 2. The predicted molar refractivity (Wildman–Crippen MR) is 104 cm³/mol. The molecule has 2 aromatic carbocycles. The fourth-order valence-electron chi connectivity index (χ4n) is 3.03. The summed E-state index contributed by atoms with van der Waals surface area (Å²) in [6.07, 6.45) is 0.936. The molecule has 0 saturated heterocycles. The van der Waals surface area contributed by atoms with Gasteiger partial charge in [0.2, 0.25) is 0 Å². The quantitative estimate of drug-likeness (QED) is 0.423. The van der Waals surface area contributed by atoms with E-state index in [2.05, 4.69) is 63.7 Å². The van der Waals surface area contributed by atoms with Crippen molar-refractivity contribution in [2.45, 2.75) is 20.3 Å². The van der Waals surface area contributed by atoms with Gasteiger partial charge in [-0.05, 0) is 43.7 Å². The molecule has 0 aliphatic heterocycles. The smallest absolute Gasteiger partial charge is 0.195 e. The molecule has 0 spiro atoms. The molecule has 0 atom stereocenters. The van der Waals surface area contributed by atoms with Crippen LogP contribution in [0.15, 0.2) is 46.9 Å². The van der Waals surface area contributed by atoms with Crippen molar-refractivity contribution >= 4 is 42.4 Å². The number of halogens is 1. The van der Waals surface area contributed by atoms with Crippen molar-refractivity contribution in [3.8, 4) is 17.0 Å². The second-order valence-corrected chi connectivity index (χ2v) is 7.47. The molecule has 0 aliphatic carbocycles. The Labute approximate surface area is 153 Å². The van der Waals surface area contributed by atoms with Crippen LogP contribution in [0.2, 0.25) is 0 Å². The van der Waals surface area contributed by atoms with Crippen molar-refractivity contribution in [2.24, 2.45) is 0 Å². The number of nitrogens with zero attached hydrogens (tertiary/aromatic N) is 2. The van der Waals surface area contributed by atoms with Gasteiger partial charge in [0.15, 0.2) is 4.96 Å². The number of fused-ring (bicyclic) bond motifs is 3. The van der Waals surface area contributed by atoms with E-state index < -0.39 is 0 Å². The molecule has 2 aromatic heterocycles. The first-order valence-electron chi connectivity index (χ1n) is 8.04. The van der Waals surface area contributed by atoms with E-state index in [4.69, 9.17) is 9.72 Å². The molecule has 0 bridgehead atoms. The fourth-order valence-corrected chi connectivity index (χ4v) is 4.37. The zero-order chi connectivity index (χ0) is 16.7. The number of imidazole rings is 1. The van der Waals surface area contributed by atoms with Crippen molar-refractivity contribution in [2.75, 3.05) is 6.61 Å². The molecule has 0 unspecified atom stereocenters. The normalized spacial score (nSPS) is 11.5. The Balaban J connectivity index is 1.93. The van der Waals surface area contributed by atoms with Gasteiger partial charge in [-0.2, -0.15) is 0 Å². The number of ether oxygens (including phenoxy) is 1. The zero-order valence-corrected chi connectivity index (χ0v) is 15.9. The van der Waals surface area contributed by atoms with E-state index in [1.807, 2.05) is 13.0 Å². The first-order valence-corrected chi connectivity index (χ1v) is 9.64. The highest BCUT2D eigenvalue weighted by atomic mass is 79.9. The Bertz CT molecular complexity index is 1020. The SMILES string of the molecule is CCOc1ccc2c(c1)sc1nc(-c3ccc(Br)cc3)c(CC)n12. The number of hydrogen-bond donors (Lipinski definition) is 0. The highest BCUT2D eigenvalue weighted by molar-refractivity contribution is 9.10. The van der Waals surface area contributed by atoms with E-state index in [9.17, 15) is 0 Å². The molecular formula is C19H17BrN2OS. The molecule has 0 aliphatic rings. The fraction of sp³-hybridized carbons (Fsp3) is 0.211. The number of thiazole rings is 1. The van der Waals surface area contributed by atoms with Crippen LogP contribution in [0.3, 0.4) is 0 Å². The van der Waals surface area contributed by atoms with Crippen LogP contribution >= 0.6 is 27.3 Å². The van der Waals surface area contributed by atoms with E-state index in [0.717, 1.165) is 32.9 Å². The van der Waals surface area contributed by atoms with Gasteiger partial charge in [-0.15, -0.1) is 0 Å². The van der Waals surface area contributed by atoms with E-state index in [0.29, 0.717) is 6.61 Å². The third kappa shape index (κ3) is 2.52. The van der Waals surface area contributed by atoms with Gasteiger partial charge in [0.1, 0.15) is 5.75 Å². The first-order chi connectivity index (χ1) is 11.7. The van der Waals surface area contributed by atoms with E-state index in [-0.39, 0.29) is 0 Å². The van der Waals surface area contributed by atoms with Gasteiger partial charge in [0.25, 0.3) is 0 Å². The molecule has 24 heavy (non-hydrogen) atoms. The molecule has 0 saturated carbocycles. The molecular weight excluding hydrogens is 384 g/mol. The number of hydrogen-bond acceptors (Lipinski definition) is 3. The molecule has 0 fully saturated rings.